The first-order valence-electron chi connectivity index (χ1n) is 10.1. The third-order valence-electron chi connectivity index (χ3n) is 5.39. The normalized spacial score (nSPS) is 16.3. The maximum atomic E-state index is 12.9. The highest BCUT2D eigenvalue weighted by atomic mass is 16.5. The SMILES string of the molecule is COCCOC1CCN(C(=O)c2ccc(-n3c(C)nc4ccccc4c3=O)cc2)C1. The van der Waals surface area contributed by atoms with Gasteiger partial charge in [0.1, 0.15) is 5.82 Å². The van der Waals surface area contributed by atoms with Gasteiger partial charge >= 0.3 is 0 Å². The molecule has 2 aromatic carbocycles. The zero-order chi connectivity index (χ0) is 21.1. The summed E-state index contributed by atoms with van der Waals surface area (Å²) in [5.41, 5.74) is 1.84. The predicted molar refractivity (Wildman–Crippen MR) is 114 cm³/mol. The minimum atomic E-state index is -0.118. The number of hydrogen-bond donors (Lipinski definition) is 0. The summed E-state index contributed by atoms with van der Waals surface area (Å²) >= 11 is 0. The summed E-state index contributed by atoms with van der Waals surface area (Å²) in [5, 5.41) is 0.569. The number of rotatable bonds is 6. The average Bonchev–Trinajstić information content (AvgIpc) is 3.23. The van der Waals surface area contributed by atoms with Gasteiger partial charge in [0.05, 0.1) is 35.9 Å². The summed E-state index contributed by atoms with van der Waals surface area (Å²) < 4.78 is 12.3. The summed E-state index contributed by atoms with van der Waals surface area (Å²) in [7, 11) is 1.64. The van der Waals surface area contributed by atoms with E-state index in [-0.39, 0.29) is 17.6 Å². The van der Waals surface area contributed by atoms with E-state index < -0.39 is 0 Å². The van der Waals surface area contributed by atoms with E-state index in [4.69, 9.17) is 9.47 Å². The van der Waals surface area contributed by atoms with Crippen LogP contribution in [0.3, 0.4) is 0 Å². The van der Waals surface area contributed by atoms with Gasteiger partial charge < -0.3 is 14.4 Å². The third kappa shape index (κ3) is 3.99. The monoisotopic (exact) mass is 407 g/mol. The highest BCUT2D eigenvalue weighted by Gasteiger charge is 2.27. The van der Waals surface area contributed by atoms with Crippen molar-refractivity contribution in [3.05, 3.63) is 70.3 Å². The number of carbonyl (C=O) groups excluding carboxylic acids is 1. The molecule has 0 radical (unpaired) electrons. The average molecular weight is 407 g/mol. The van der Waals surface area contributed by atoms with Crippen LogP contribution in [0.1, 0.15) is 22.6 Å². The first kappa shape index (κ1) is 20.3. The van der Waals surface area contributed by atoms with E-state index in [0.29, 0.717) is 54.3 Å². The van der Waals surface area contributed by atoms with Gasteiger partial charge in [0, 0.05) is 25.8 Å². The van der Waals surface area contributed by atoms with Crippen LogP contribution in [0.4, 0.5) is 0 Å². The number of ether oxygens (including phenoxy) is 2. The molecule has 1 amide bonds. The van der Waals surface area contributed by atoms with E-state index >= 15 is 0 Å². The molecule has 0 saturated carbocycles. The molecule has 0 aliphatic carbocycles. The molecule has 0 bridgehead atoms. The minimum Gasteiger partial charge on any atom is -0.382 e. The Morgan fingerprint density at radius 2 is 1.90 bits per heavy atom. The fourth-order valence-electron chi connectivity index (χ4n) is 3.83. The van der Waals surface area contributed by atoms with E-state index in [2.05, 4.69) is 4.98 Å². The third-order valence-corrected chi connectivity index (χ3v) is 5.39. The second kappa shape index (κ2) is 8.77. The van der Waals surface area contributed by atoms with Crippen LogP contribution in [-0.2, 0) is 9.47 Å². The largest absolute Gasteiger partial charge is 0.382 e. The number of carbonyl (C=O) groups is 1. The molecule has 0 spiro atoms. The smallest absolute Gasteiger partial charge is 0.265 e. The van der Waals surface area contributed by atoms with Crippen molar-refractivity contribution in [3.63, 3.8) is 0 Å². The Morgan fingerprint density at radius 3 is 2.67 bits per heavy atom. The van der Waals surface area contributed by atoms with Crippen molar-refractivity contribution in [2.75, 3.05) is 33.4 Å². The summed E-state index contributed by atoms with van der Waals surface area (Å²) in [6.07, 6.45) is 0.874. The molecule has 7 heteroatoms. The molecule has 30 heavy (non-hydrogen) atoms. The Hall–Kier alpha value is -3.03. The number of methoxy groups -OCH3 is 1. The fourth-order valence-corrected chi connectivity index (χ4v) is 3.83. The Bertz CT molecular complexity index is 1110. The molecule has 156 valence electrons. The molecule has 1 saturated heterocycles. The number of likely N-dealkylation sites (tertiary alicyclic amines) is 1. The second-order valence-electron chi connectivity index (χ2n) is 7.39. The lowest BCUT2D eigenvalue weighted by Crippen LogP contribution is -2.30. The molecule has 1 aromatic heterocycles. The van der Waals surface area contributed by atoms with E-state index in [1.165, 1.54) is 0 Å². The van der Waals surface area contributed by atoms with E-state index in [9.17, 15) is 9.59 Å². The van der Waals surface area contributed by atoms with Gasteiger partial charge in [-0.2, -0.15) is 0 Å². The van der Waals surface area contributed by atoms with Gasteiger partial charge in [0.15, 0.2) is 0 Å². The maximum Gasteiger partial charge on any atom is 0.265 e. The summed E-state index contributed by atoms with van der Waals surface area (Å²) in [4.78, 5) is 32.1. The molecular formula is C23H25N3O4. The molecule has 4 rings (SSSR count). The first-order valence-corrected chi connectivity index (χ1v) is 10.1. The van der Waals surface area contributed by atoms with Crippen molar-refractivity contribution < 1.29 is 14.3 Å². The van der Waals surface area contributed by atoms with Gasteiger partial charge in [-0.1, -0.05) is 12.1 Å². The highest BCUT2D eigenvalue weighted by molar-refractivity contribution is 5.94. The van der Waals surface area contributed by atoms with Gasteiger partial charge in [0.2, 0.25) is 0 Å². The number of aromatic nitrogens is 2. The molecule has 7 nitrogen and oxygen atoms in total. The Balaban J connectivity index is 1.52. The predicted octanol–water partition coefficient (Wildman–Crippen LogP) is 2.57. The maximum absolute atomic E-state index is 12.9. The van der Waals surface area contributed by atoms with E-state index in [1.54, 1.807) is 48.9 Å². The van der Waals surface area contributed by atoms with Crippen LogP contribution in [0, 0.1) is 6.92 Å². The minimum absolute atomic E-state index is 0.0277. The number of amides is 1. The van der Waals surface area contributed by atoms with Crippen LogP contribution in [-0.4, -0.2) is 59.9 Å². The van der Waals surface area contributed by atoms with Gasteiger partial charge in [-0.15, -0.1) is 0 Å². The zero-order valence-corrected chi connectivity index (χ0v) is 17.2. The Morgan fingerprint density at radius 1 is 1.13 bits per heavy atom. The van der Waals surface area contributed by atoms with Gasteiger partial charge in [-0.25, -0.2) is 4.98 Å². The highest BCUT2D eigenvalue weighted by Crippen LogP contribution is 2.18. The Labute approximate surface area is 174 Å². The standard InChI is InChI=1S/C23H25N3O4/c1-16-24-21-6-4-3-5-20(21)23(28)26(16)18-9-7-17(8-10-18)22(27)25-12-11-19(15-25)30-14-13-29-2/h3-10,19H,11-15H2,1-2H3. The molecule has 1 fully saturated rings. The van der Waals surface area contributed by atoms with E-state index in [1.807, 2.05) is 23.1 Å². The number of nitrogens with zero attached hydrogens (tertiary/aromatic N) is 3. The van der Waals surface area contributed by atoms with Crippen LogP contribution < -0.4 is 5.56 Å². The topological polar surface area (TPSA) is 73.7 Å². The molecule has 0 N–H and O–H groups in total. The summed E-state index contributed by atoms with van der Waals surface area (Å²) in [6, 6.07) is 14.4. The zero-order valence-electron chi connectivity index (χ0n) is 17.2. The van der Waals surface area contributed by atoms with Gasteiger partial charge in [-0.05, 0) is 49.7 Å². The number of hydrogen-bond acceptors (Lipinski definition) is 5. The first-order chi connectivity index (χ1) is 14.6. The van der Waals surface area contributed by atoms with Crippen molar-refractivity contribution in [3.8, 4) is 5.69 Å². The van der Waals surface area contributed by atoms with Crippen molar-refractivity contribution in [2.45, 2.75) is 19.4 Å². The summed E-state index contributed by atoms with van der Waals surface area (Å²) in [6.45, 7) is 4.14. The van der Waals surface area contributed by atoms with Crippen LogP contribution >= 0.6 is 0 Å². The number of fused-ring (bicyclic) bond motifs is 1. The molecule has 2 heterocycles. The molecule has 1 unspecified atom stereocenters. The Kier molecular flexibility index (Phi) is 5.92. The molecule has 1 atom stereocenters. The number of benzene rings is 2. The van der Waals surface area contributed by atoms with Crippen LogP contribution in [0.2, 0.25) is 0 Å². The second-order valence-corrected chi connectivity index (χ2v) is 7.39. The van der Waals surface area contributed by atoms with Gasteiger partial charge in [-0.3, -0.25) is 14.2 Å². The lowest BCUT2D eigenvalue weighted by atomic mass is 10.1. The lowest BCUT2D eigenvalue weighted by molar-refractivity contribution is 0.0218. The van der Waals surface area contributed by atoms with Crippen molar-refractivity contribution in [1.29, 1.82) is 0 Å². The van der Waals surface area contributed by atoms with Crippen LogP contribution in [0.5, 0.6) is 0 Å². The quantitative estimate of drug-likeness (QED) is 0.587. The number of aryl methyl sites for hydroxylation is 1. The number of para-hydroxylation sites is 1. The summed E-state index contributed by atoms with van der Waals surface area (Å²) in [5.74, 6) is 0.577. The van der Waals surface area contributed by atoms with Crippen molar-refractivity contribution in [1.82, 2.24) is 14.5 Å². The van der Waals surface area contributed by atoms with Crippen molar-refractivity contribution >= 4 is 16.8 Å². The molecular weight excluding hydrogens is 382 g/mol. The fraction of sp³-hybridized carbons (Fsp3) is 0.348. The van der Waals surface area contributed by atoms with Crippen LogP contribution in [0.15, 0.2) is 53.3 Å². The molecule has 1 aliphatic heterocycles. The van der Waals surface area contributed by atoms with Crippen molar-refractivity contribution in [2.24, 2.45) is 0 Å². The van der Waals surface area contributed by atoms with E-state index in [0.717, 1.165) is 6.42 Å². The lowest BCUT2D eigenvalue weighted by Gasteiger charge is -2.17. The van der Waals surface area contributed by atoms with Gasteiger partial charge in [0.25, 0.3) is 11.5 Å². The van der Waals surface area contributed by atoms with Crippen LogP contribution in [0.25, 0.3) is 16.6 Å². The molecule has 1 aliphatic rings. The molecule has 3 aromatic rings.